The van der Waals surface area contributed by atoms with Crippen LogP contribution in [0.2, 0.25) is 0 Å². The van der Waals surface area contributed by atoms with Crippen LogP contribution >= 0.6 is 0 Å². The summed E-state index contributed by atoms with van der Waals surface area (Å²) in [6, 6.07) is 5.30. The minimum Gasteiger partial charge on any atom is -0.496 e. The van der Waals surface area contributed by atoms with E-state index in [0.29, 0.717) is 56.3 Å². The first-order valence-corrected chi connectivity index (χ1v) is 9.46. The fourth-order valence-corrected chi connectivity index (χ4v) is 3.57. The Hall–Kier alpha value is -2.57. The minimum atomic E-state index is -0.414. The number of hydrogen-bond donors (Lipinski definition) is 1. The number of methoxy groups -OCH3 is 1. The lowest BCUT2D eigenvalue weighted by molar-refractivity contribution is -0.135. The second-order valence-corrected chi connectivity index (χ2v) is 7.39. The summed E-state index contributed by atoms with van der Waals surface area (Å²) < 4.78 is 5.38. The molecule has 7 heteroatoms. The van der Waals surface area contributed by atoms with Crippen molar-refractivity contribution in [2.45, 2.75) is 38.6 Å². The van der Waals surface area contributed by atoms with E-state index in [1.165, 1.54) is 0 Å². The maximum absolute atomic E-state index is 13.0. The number of carbonyl (C=O) groups is 3. The van der Waals surface area contributed by atoms with Crippen molar-refractivity contribution in [1.82, 2.24) is 15.1 Å². The Morgan fingerprint density at radius 1 is 1.15 bits per heavy atom. The largest absolute Gasteiger partial charge is 0.496 e. The van der Waals surface area contributed by atoms with Gasteiger partial charge in [-0.15, -0.1) is 0 Å². The first kappa shape index (κ1) is 19.2. The Morgan fingerprint density at radius 2 is 1.81 bits per heavy atom. The van der Waals surface area contributed by atoms with Crippen molar-refractivity contribution in [3.8, 4) is 5.75 Å². The number of nitrogens with zero attached hydrogens (tertiary/aromatic N) is 2. The lowest BCUT2D eigenvalue weighted by Gasteiger charge is -2.36. The van der Waals surface area contributed by atoms with Crippen LogP contribution in [0.4, 0.5) is 0 Å². The molecule has 27 heavy (non-hydrogen) atoms. The van der Waals surface area contributed by atoms with Gasteiger partial charge in [-0.25, -0.2) is 0 Å². The van der Waals surface area contributed by atoms with Crippen molar-refractivity contribution in [1.29, 1.82) is 0 Å². The maximum atomic E-state index is 13.0. The average molecular weight is 373 g/mol. The maximum Gasteiger partial charge on any atom is 0.257 e. The van der Waals surface area contributed by atoms with Crippen molar-refractivity contribution in [2.24, 2.45) is 0 Å². The average Bonchev–Trinajstić information content (AvgIpc) is 3.12. The number of hydrogen-bond acceptors (Lipinski definition) is 4. The Labute approximate surface area is 159 Å². The van der Waals surface area contributed by atoms with E-state index < -0.39 is 6.04 Å². The highest BCUT2D eigenvalue weighted by atomic mass is 16.5. The van der Waals surface area contributed by atoms with Gasteiger partial charge in [0.15, 0.2) is 0 Å². The fourth-order valence-electron chi connectivity index (χ4n) is 3.57. The third-order valence-electron chi connectivity index (χ3n) is 5.29. The molecule has 7 nitrogen and oxygen atoms in total. The van der Waals surface area contributed by atoms with Crippen LogP contribution in [-0.2, 0) is 9.59 Å². The molecule has 0 aromatic heterocycles. The van der Waals surface area contributed by atoms with Crippen LogP contribution in [0.5, 0.6) is 5.75 Å². The molecule has 0 bridgehead atoms. The van der Waals surface area contributed by atoms with Crippen molar-refractivity contribution in [3.05, 3.63) is 29.3 Å². The second kappa shape index (κ2) is 7.98. The quantitative estimate of drug-likeness (QED) is 0.865. The van der Waals surface area contributed by atoms with Crippen LogP contribution in [-0.4, -0.2) is 66.9 Å². The SMILES string of the molecule is COc1ccc(C(C)C)cc1C(=O)N1CCN(C(=O)C2CCC(=O)N2)CC1. The van der Waals surface area contributed by atoms with E-state index in [0.717, 1.165) is 5.56 Å². The summed E-state index contributed by atoms with van der Waals surface area (Å²) in [6.07, 6.45) is 0.955. The van der Waals surface area contributed by atoms with E-state index in [1.54, 1.807) is 16.9 Å². The van der Waals surface area contributed by atoms with Crippen molar-refractivity contribution in [2.75, 3.05) is 33.3 Å². The fraction of sp³-hybridized carbons (Fsp3) is 0.550. The van der Waals surface area contributed by atoms with Gasteiger partial charge >= 0.3 is 0 Å². The highest BCUT2D eigenvalue weighted by molar-refractivity contribution is 5.97. The Kier molecular flexibility index (Phi) is 5.68. The molecule has 1 N–H and O–H groups in total. The number of carbonyl (C=O) groups excluding carboxylic acids is 3. The molecule has 2 heterocycles. The predicted molar refractivity (Wildman–Crippen MR) is 101 cm³/mol. The van der Waals surface area contributed by atoms with E-state index in [-0.39, 0.29) is 17.7 Å². The number of amides is 3. The molecule has 0 aliphatic carbocycles. The van der Waals surface area contributed by atoms with E-state index >= 15 is 0 Å². The Balaban J connectivity index is 1.65. The molecule has 0 spiro atoms. The molecule has 1 unspecified atom stereocenters. The minimum absolute atomic E-state index is 0.0488. The molecule has 2 aliphatic rings. The third kappa shape index (κ3) is 4.07. The van der Waals surface area contributed by atoms with E-state index in [1.807, 2.05) is 18.2 Å². The van der Waals surface area contributed by atoms with E-state index in [4.69, 9.17) is 4.74 Å². The van der Waals surface area contributed by atoms with Gasteiger partial charge in [-0.3, -0.25) is 14.4 Å². The van der Waals surface area contributed by atoms with Gasteiger partial charge in [0.1, 0.15) is 11.8 Å². The van der Waals surface area contributed by atoms with Gasteiger partial charge in [0.25, 0.3) is 5.91 Å². The van der Waals surface area contributed by atoms with Gasteiger partial charge in [0.2, 0.25) is 11.8 Å². The number of piperazine rings is 1. The summed E-state index contributed by atoms with van der Waals surface area (Å²) in [6.45, 7) is 6.07. The first-order chi connectivity index (χ1) is 12.9. The standard InChI is InChI=1S/C20H27N3O4/c1-13(2)14-4-6-17(27-3)15(12-14)19(25)22-8-10-23(11-9-22)20(26)16-5-7-18(24)21-16/h4,6,12-13,16H,5,7-11H2,1-3H3,(H,21,24). The molecule has 2 aliphatic heterocycles. The second-order valence-electron chi connectivity index (χ2n) is 7.39. The number of benzene rings is 1. The van der Waals surface area contributed by atoms with Gasteiger partial charge in [0, 0.05) is 32.6 Å². The number of rotatable bonds is 4. The zero-order chi connectivity index (χ0) is 19.6. The molecule has 2 fully saturated rings. The van der Waals surface area contributed by atoms with Crippen LogP contribution in [0.3, 0.4) is 0 Å². The number of nitrogens with one attached hydrogen (secondary N) is 1. The Bertz CT molecular complexity index is 739. The third-order valence-corrected chi connectivity index (χ3v) is 5.29. The molecule has 0 saturated carbocycles. The van der Waals surface area contributed by atoms with Gasteiger partial charge in [-0.2, -0.15) is 0 Å². The molecule has 1 aromatic rings. The predicted octanol–water partition coefficient (Wildman–Crippen LogP) is 1.38. The number of ether oxygens (including phenoxy) is 1. The molecular formula is C20H27N3O4. The molecule has 2 saturated heterocycles. The molecule has 146 valence electrons. The summed E-state index contributed by atoms with van der Waals surface area (Å²) in [5, 5.41) is 2.72. The summed E-state index contributed by atoms with van der Waals surface area (Å²) in [4.78, 5) is 40.3. The highest BCUT2D eigenvalue weighted by Crippen LogP contribution is 2.26. The monoisotopic (exact) mass is 373 g/mol. The summed E-state index contributed by atoms with van der Waals surface area (Å²) in [5.74, 6) is 0.692. The molecule has 3 amide bonds. The van der Waals surface area contributed by atoms with Crippen LogP contribution < -0.4 is 10.1 Å². The van der Waals surface area contributed by atoms with Crippen LogP contribution in [0.25, 0.3) is 0 Å². The molecular weight excluding hydrogens is 346 g/mol. The van der Waals surface area contributed by atoms with Gasteiger partial charge in [-0.05, 0) is 30.0 Å². The van der Waals surface area contributed by atoms with Crippen LogP contribution in [0, 0.1) is 0 Å². The lowest BCUT2D eigenvalue weighted by Crippen LogP contribution is -2.54. The summed E-state index contributed by atoms with van der Waals surface area (Å²) in [5.41, 5.74) is 1.65. The lowest BCUT2D eigenvalue weighted by atomic mass is 9.99. The first-order valence-electron chi connectivity index (χ1n) is 9.46. The van der Waals surface area contributed by atoms with Gasteiger partial charge in [-0.1, -0.05) is 19.9 Å². The van der Waals surface area contributed by atoms with E-state index in [2.05, 4.69) is 19.2 Å². The molecule has 3 rings (SSSR count). The summed E-state index contributed by atoms with van der Waals surface area (Å²) >= 11 is 0. The van der Waals surface area contributed by atoms with Crippen molar-refractivity contribution < 1.29 is 19.1 Å². The normalized spacial score (nSPS) is 20.0. The molecule has 0 radical (unpaired) electrons. The van der Waals surface area contributed by atoms with Crippen LogP contribution in [0.1, 0.15) is 48.5 Å². The van der Waals surface area contributed by atoms with Crippen molar-refractivity contribution >= 4 is 17.7 Å². The zero-order valence-corrected chi connectivity index (χ0v) is 16.2. The van der Waals surface area contributed by atoms with E-state index in [9.17, 15) is 14.4 Å². The van der Waals surface area contributed by atoms with Gasteiger partial charge < -0.3 is 19.9 Å². The zero-order valence-electron chi connectivity index (χ0n) is 16.2. The van der Waals surface area contributed by atoms with Gasteiger partial charge in [0.05, 0.1) is 12.7 Å². The topological polar surface area (TPSA) is 79.0 Å². The summed E-state index contributed by atoms with van der Waals surface area (Å²) in [7, 11) is 1.56. The molecule has 1 atom stereocenters. The highest BCUT2D eigenvalue weighted by Gasteiger charge is 2.33. The Morgan fingerprint density at radius 3 is 2.37 bits per heavy atom. The molecule has 1 aromatic carbocycles. The van der Waals surface area contributed by atoms with Crippen molar-refractivity contribution in [3.63, 3.8) is 0 Å². The van der Waals surface area contributed by atoms with Crippen LogP contribution in [0.15, 0.2) is 18.2 Å². The smallest absolute Gasteiger partial charge is 0.257 e.